The first-order valence-corrected chi connectivity index (χ1v) is 8.66. The highest BCUT2D eigenvalue weighted by atomic mass is 16.3. The molecule has 1 unspecified atom stereocenters. The third kappa shape index (κ3) is 2.89. The van der Waals surface area contributed by atoms with Crippen LogP contribution in [-0.4, -0.2) is 58.7 Å². The van der Waals surface area contributed by atoms with E-state index in [0.717, 1.165) is 31.9 Å². The van der Waals surface area contributed by atoms with E-state index in [-0.39, 0.29) is 23.8 Å². The van der Waals surface area contributed by atoms with Gasteiger partial charge >= 0.3 is 0 Å². The highest BCUT2D eigenvalue weighted by molar-refractivity contribution is 5.93. The van der Waals surface area contributed by atoms with Crippen molar-refractivity contribution in [3.63, 3.8) is 0 Å². The highest BCUT2D eigenvalue weighted by Gasteiger charge is 2.48. The van der Waals surface area contributed by atoms with Crippen LogP contribution in [0.2, 0.25) is 0 Å². The summed E-state index contributed by atoms with van der Waals surface area (Å²) in [4.78, 5) is 25.2. The molecule has 2 aliphatic rings. The van der Waals surface area contributed by atoms with Gasteiger partial charge in [-0.2, -0.15) is 0 Å². The van der Waals surface area contributed by atoms with E-state index in [0.29, 0.717) is 18.7 Å². The molecule has 2 aliphatic heterocycles. The second-order valence-corrected chi connectivity index (χ2v) is 6.98. The standard InChI is InChI=1S/C18H22N4O3/c23-11-15-10-22(17-19-5-1-6-20-17)13-18(15)3-7-21(8-4-18)16(24)14-2-9-25-12-14/h1-2,5-6,9,12,15,23H,3-4,7-8,10-11,13H2. The molecule has 1 amide bonds. The summed E-state index contributed by atoms with van der Waals surface area (Å²) in [6.07, 6.45) is 8.26. The summed E-state index contributed by atoms with van der Waals surface area (Å²) in [6, 6.07) is 3.51. The molecule has 2 saturated heterocycles. The molecule has 7 heteroatoms. The molecule has 2 aromatic rings. The Kier molecular flexibility index (Phi) is 4.17. The van der Waals surface area contributed by atoms with Gasteiger partial charge in [0.25, 0.3) is 5.91 Å². The first-order chi connectivity index (χ1) is 12.2. The van der Waals surface area contributed by atoms with Crippen molar-refractivity contribution < 1.29 is 14.3 Å². The van der Waals surface area contributed by atoms with Crippen molar-refractivity contribution in [2.75, 3.05) is 37.7 Å². The van der Waals surface area contributed by atoms with Crippen molar-refractivity contribution in [1.82, 2.24) is 14.9 Å². The predicted octanol–water partition coefficient (Wildman–Crippen LogP) is 1.42. The molecule has 1 spiro atoms. The number of hydrogen-bond acceptors (Lipinski definition) is 6. The van der Waals surface area contributed by atoms with Crippen molar-refractivity contribution in [3.05, 3.63) is 42.6 Å². The molecule has 0 aliphatic carbocycles. The third-order valence-corrected chi connectivity index (χ3v) is 5.68. The van der Waals surface area contributed by atoms with Gasteiger partial charge in [0.2, 0.25) is 5.95 Å². The largest absolute Gasteiger partial charge is 0.472 e. The van der Waals surface area contributed by atoms with Gasteiger partial charge in [-0.05, 0) is 30.4 Å². The van der Waals surface area contributed by atoms with Gasteiger partial charge in [0, 0.05) is 51.1 Å². The minimum Gasteiger partial charge on any atom is -0.472 e. The molecule has 0 saturated carbocycles. The molecular formula is C18H22N4O3. The topological polar surface area (TPSA) is 82.7 Å². The smallest absolute Gasteiger partial charge is 0.257 e. The van der Waals surface area contributed by atoms with E-state index in [1.807, 2.05) is 4.90 Å². The first-order valence-electron chi connectivity index (χ1n) is 8.66. The van der Waals surface area contributed by atoms with E-state index < -0.39 is 0 Å². The Bertz CT molecular complexity index is 711. The van der Waals surface area contributed by atoms with Gasteiger partial charge in [-0.3, -0.25) is 4.79 Å². The van der Waals surface area contributed by atoms with Gasteiger partial charge < -0.3 is 19.3 Å². The lowest BCUT2D eigenvalue weighted by molar-refractivity contribution is 0.0415. The van der Waals surface area contributed by atoms with Crippen LogP contribution in [0.25, 0.3) is 0 Å². The summed E-state index contributed by atoms with van der Waals surface area (Å²) >= 11 is 0. The third-order valence-electron chi connectivity index (χ3n) is 5.68. The summed E-state index contributed by atoms with van der Waals surface area (Å²) in [7, 11) is 0. The first kappa shape index (κ1) is 16.1. The zero-order chi connectivity index (χ0) is 17.3. The summed E-state index contributed by atoms with van der Waals surface area (Å²) < 4.78 is 5.02. The molecule has 0 bridgehead atoms. The zero-order valence-corrected chi connectivity index (χ0v) is 14.0. The van der Waals surface area contributed by atoms with Crippen LogP contribution in [0.15, 0.2) is 41.5 Å². The highest BCUT2D eigenvalue weighted by Crippen LogP contribution is 2.45. The van der Waals surface area contributed by atoms with Gasteiger partial charge in [-0.1, -0.05) is 0 Å². The van der Waals surface area contributed by atoms with Crippen molar-refractivity contribution >= 4 is 11.9 Å². The Morgan fingerprint density at radius 3 is 2.72 bits per heavy atom. The number of nitrogens with zero attached hydrogens (tertiary/aromatic N) is 4. The number of furan rings is 1. The molecule has 4 rings (SSSR count). The maximum atomic E-state index is 12.5. The Morgan fingerprint density at radius 2 is 2.08 bits per heavy atom. The molecule has 7 nitrogen and oxygen atoms in total. The second kappa shape index (κ2) is 6.48. The lowest BCUT2D eigenvalue weighted by Gasteiger charge is -2.42. The number of rotatable bonds is 3. The monoisotopic (exact) mass is 342 g/mol. The number of anilines is 1. The van der Waals surface area contributed by atoms with Crippen LogP contribution in [0.5, 0.6) is 0 Å². The van der Waals surface area contributed by atoms with Crippen molar-refractivity contribution in [1.29, 1.82) is 0 Å². The second-order valence-electron chi connectivity index (χ2n) is 6.98. The van der Waals surface area contributed by atoms with E-state index in [2.05, 4.69) is 14.9 Å². The average molecular weight is 342 g/mol. The lowest BCUT2D eigenvalue weighted by Crippen LogP contribution is -2.47. The maximum absolute atomic E-state index is 12.5. The van der Waals surface area contributed by atoms with Gasteiger partial charge in [-0.25, -0.2) is 9.97 Å². The number of aliphatic hydroxyl groups is 1. The molecule has 4 heterocycles. The van der Waals surface area contributed by atoms with Crippen LogP contribution in [0, 0.1) is 11.3 Å². The molecular weight excluding hydrogens is 320 g/mol. The van der Waals surface area contributed by atoms with E-state index in [1.165, 1.54) is 12.5 Å². The van der Waals surface area contributed by atoms with E-state index in [4.69, 9.17) is 4.42 Å². The summed E-state index contributed by atoms with van der Waals surface area (Å²) in [6.45, 7) is 3.14. The maximum Gasteiger partial charge on any atom is 0.257 e. The number of piperidine rings is 1. The summed E-state index contributed by atoms with van der Waals surface area (Å²) in [5.74, 6) is 0.919. The zero-order valence-electron chi connectivity index (χ0n) is 14.0. The van der Waals surface area contributed by atoms with Gasteiger partial charge in [0.05, 0.1) is 11.8 Å². The Hall–Kier alpha value is -2.41. The molecule has 0 radical (unpaired) electrons. The van der Waals surface area contributed by atoms with Gasteiger partial charge in [0.15, 0.2) is 0 Å². The van der Waals surface area contributed by atoms with E-state index >= 15 is 0 Å². The Labute approximate surface area is 146 Å². The molecule has 1 N–H and O–H groups in total. The number of aliphatic hydroxyl groups excluding tert-OH is 1. The summed E-state index contributed by atoms with van der Waals surface area (Å²) in [5, 5.41) is 9.91. The van der Waals surface area contributed by atoms with E-state index in [1.54, 1.807) is 24.5 Å². The lowest BCUT2D eigenvalue weighted by atomic mass is 9.71. The Balaban J connectivity index is 1.46. The van der Waals surface area contributed by atoms with E-state index in [9.17, 15) is 9.90 Å². The molecule has 1 atom stereocenters. The number of carbonyl (C=O) groups is 1. The SMILES string of the molecule is O=C(c1ccoc1)N1CCC2(CC1)CN(c1ncccn1)CC2CO. The molecule has 0 aromatic carbocycles. The Morgan fingerprint density at radius 1 is 1.32 bits per heavy atom. The average Bonchev–Trinajstić information content (AvgIpc) is 3.31. The fourth-order valence-electron chi connectivity index (χ4n) is 4.18. The van der Waals surface area contributed by atoms with Crippen LogP contribution in [0.1, 0.15) is 23.2 Å². The predicted molar refractivity (Wildman–Crippen MR) is 91.1 cm³/mol. The number of carbonyl (C=O) groups excluding carboxylic acids is 1. The molecule has 2 aromatic heterocycles. The minimum absolute atomic E-state index is 0.0150. The van der Waals surface area contributed by atoms with Gasteiger partial charge in [-0.15, -0.1) is 0 Å². The number of amides is 1. The fraction of sp³-hybridized carbons (Fsp3) is 0.500. The number of aromatic nitrogens is 2. The fourth-order valence-corrected chi connectivity index (χ4v) is 4.18. The molecule has 2 fully saturated rings. The van der Waals surface area contributed by atoms with Crippen LogP contribution in [-0.2, 0) is 0 Å². The van der Waals surface area contributed by atoms with Crippen LogP contribution < -0.4 is 4.90 Å². The number of likely N-dealkylation sites (tertiary alicyclic amines) is 1. The molecule has 25 heavy (non-hydrogen) atoms. The van der Waals surface area contributed by atoms with Crippen molar-refractivity contribution in [3.8, 4) is 0 Å². The van der Waals surface area contributed by atoms with Gasteiger partial charge in [0.1, 0.15) is 6.26 Å². The van der Waals surface area contributed by atoms with Crippen LogP contribution in [0.4, 0.5) is 5.95 Å². The minimum atomic E-state index is 0.0150. The van der Waals surface area contributed by atoms with Crippen LogP contribution >= 0.6 is 0 Å². The van der Waals surface area contributed by atoms with Crippen molar-refractivity contribution in [2.24, 2.45) is 11.3 Å². The quantitative estimate of drug-likeness (QED) is 0.908. The molecule has 132 valence electrons. The summed E-state index contributed by atoms with van der Waals surface area (Å²) in [5.41, 5.74) is 0.613. The van der Waals surface area contributed by atoms with Crippen molar-refractivity contribution in [2.45, 2.75) is 12.8 Å². The van der Waals surface area contributed by atoms with Crippen LogP contribution in [0.3, 0.4) is 0 Å². The number of hydrogen-bond donors (Lipinski definition) is 1. The normalized spacial score (nSPS) is 22.5.